The van der Waals surface area contributed by atoms with Gasteiger partial charge < -0.3 is 15.1 Å². The van der Waals surface area contributed by atoms with Crippen molar-refractivity contribution in [3.8, 4) is 0 Å². The van der Waals surface area contributed by atoms with Gasteiger partial charge in [0, 0.05) is 57.2 Å². The molecule has 1 N–H and O–H groups in total. The van der Waals surface area contributed by atoms with Crippen LogP contribution in [0.2, 0.25) is 0 Å². The smallest absolute Gasteiger partial charge is 0.225 e. The first-order valence-electron chi connectivity index (χ1n) is 10.8. The largest absolute Gasteiger partial charge is 0.357 e. The molecule has 0 spiro atoms. The first kappa shape index (κ1) is 20.8. The number of hydrogen-bond acceptors (Lipinski definition) is 5. The SMILES string of the molecule is CCNC(=NCC(C)(C)N1CCCC(C)C1)N1CCN(c2ncccn2)CC1. The van der Waals surface area contributed by atoms with E-state index in [1.165, 1.54) is 25.9 Å². The highest BCUT2D eigenvalue weighted by atomic mass is 15.4. The minimum atomic E-state index is 0.0923. The second kappa shape index (κ2) is 9.54. The summed E-state index contributed by atoms with van der Waals surface area (Å²) in [4.78, 5) is 21.1. The number of likely N-dealkylation sites (tertiary alicyclic amines) is 1. The van der Waals surface area contributed by atoms with Gasteiger partial charge in [-0.2, -0.15) is 0 Å². The molecule has 2 aliphatic rings. The Hall–Kier alpha value is -1.89. The fraction of sp³-hybridized carbons (Fsp3) is 0.762. The van der Waals surface area contributed by atoms with Crippen molar-refractivity contribution < 1.29 is 0 Å². The minimum absolute atomic E-state index is 0.0923. The van der Waals surface area contributed by atoms with Gasteiger partial charge in [-0.05, 0) is 52.1 Å². The Kier molecular flexibility index (Phi) is 7.10. The highest BCUT2D eigenvalue weighted by molar-refractivity contribution is 5.80. The van der Waals surface area contributed by atoms with E-state index in [4.69, 9.17) is 4.99 Å². The molecule has 2 saturated heterocycles. The molecule has 0 saturated carbocycles. The summed E-state index contributed by atoms with van der Waals surface area (Å²) in [5.74, 6) is 2.65. The van der Waals surface area contributed by atoms with Gasteiger partial charge in [-0.25, -0.2) is 9.97 Å². The van der Waals surface area contributed by atoms with Crippen molar-refractivity contribution in [2.75, 3.05) is 57.3 Å². The van der Waals surface area contributed by atoms with Crippen LogP contribution in [-0.4, -0.2) is 83.6 Å². The van der Waals surface area contributed by atoms with Crippen LogP contribution in [-0.2, 0) is 0 Å². The van der Waals surface area contributed by atoms with E-state index in [9.17, 15) is 0 Å². The predicted octanol–water partition coefficient (Wildman–Crippen LogP) is 2.07. The monoisotopic (exact) mass is 387 g/mol. The average molecular weight is 388 g/mol. The first-order valence-corrected chi connectivity index (χ1v) is 10.8. The molecule has 7 nitrogen and oxygen atoms in total. The Bertz CT molecular complexity index is 623. The molecule has 0 amide bonds. The third-order valence-corrected chi connectivity index (χ3v) is 5.88. The van der Waals surface area contributed by atoms with Crippen LogP contribution in [0.4, 0.5) is 5.95 Å². The molecule has 0 aromatic carbocycles. The van der Waals surface area contributed by atoms with Gasteiger partial charge in [-0.1, -0.05) is 6.92 Å². The van der Waals surface area contributed by atoms with Crippen molar-refractivity contribution >= 4 is 11.9 Å². The van der Waals surface area contributed by atoms with Crippen LogP contribution in [0.1, 0.15) is 40.5 Å². The van der Waals surface area contributed by atoms with Gasteiger partial charge in [-0.3, -0.25) is 9.89 Å². The third kappa shape index (κ3) is 5.34. The van der Waals surface area contributed by atoms with E-state index in [1.54, 1.807) is 0 Å². The van der Waals surface area contributed by atoms with Crippen molar-refractivity contribution in [3.05, 3.63) is 18.5 Å². The minimum Gasteiger partial charge on any atom is -0.357 e. The van der Waals surface area contributed by atoms with Crippen molar-refractivity contribution in [3.63, 3.8) is 0 Å². The Labute approximate surface area is 170 Å². The normalized spacial score (nSPS) is 22.4. The molecule has 3 heterocycles. The topological polar surface area (TPSA) is 59.9 Å². The lowest BCUT2D eigenvalue weighted by Crippen LogP contribution is -2.54. The molecule has 0 aliphatic carbocycles. The van der Waals surface area contributed by atoms with E-state index in [1.807, 2.05) is 18.5 Å². The molecule has 0 radical (unpaired) electrons. The quantitative estimate of drug-likeness (QED) is 0.617. The van der Waals surface area contributed by atoms with E-state index in [2.05, 4.69) is 57.7 Å². The molecule has 1 unspecified atom stereocenters. The summed E-state index contributed by atoms with van der Waals surface area (Å²) in [6, 6.07) is 1.86. The molecule has 2 aliphatic heterocycles. The molecule has 28 heavy (non-hydrogen) atoms. The molecule has 156 valence electrons. The summed E-state index contributed by atoms with van der Waals surface area (Å²) in [5, 5.41) is 3.50. The molecule has 0 bridgehead atoms. The van der Waals surface area contributed by atoms with Crippen LogP contribution in [0.25, 0.3) is 0 Å². The van der Waals surface area contributed by atoms with Gasteiger partial charge in [-0.15, -0.1) is 0 Å². The summed E-state index contributed by atoms with van der Waals surface area (Å²) in [6.07, 6.45) is 6.28. The van der Waals surface area contributed by atoms with Crippen LogP contribution in [0.15, 0.2) is 23.5 Å². The van der Waals surface area contributed by atoms with Crippen molar-refractivity contribution in [1.29, 1.82) is 0 Å². The van der Waals surface area contributed by atoms with E-state index < -0.39 is 0 Å². The molecule has 1 aromatic heterocycles. The van der Waals surface area contributed by atoms with E-state index in [-0.39, 0.29) is 5.54 Å². The van der Waals surface area contributed by atoms with Crippen LogP contribution in [0.3, 0.4) is 0 Å². The van der Waals surface area contributed by atoms with Crippen LogP contribution in [0.5, 0.6) is 0 Å². The van der Waals surface area contributed by atoms with Gasteiger partial charge in [0.25, 0.3) is 0 Å². The van der Waals surface area contributed by atoms with Gasteiger partial charge in [0.2, 0.25) is 5.95 Å². The summed E-state index contributed by atoms with van der Waals surface area (Å²) < 4.78 is 0. The zero-order valence-electron chi connectivity index (χ0n) is 18.1. The van der Waals surface area contributed by atoms with Gasteiger partial charge in [0.1, 0.15) is 0 Å². The molecular weight excluding hydrogens is 350 g/mol. The molecule has 2 fully saturated rings. The Morgan fingerprint density at radius 3 is 2.54 bits per heavy atom. The Balaban J connectivity index is 1.60. The second-order valence-corrected chi connectivity index (χ2v) is 8.70. The maximum Gasteiger partial charge on any atom is 0.225 e. The standard InChI is InChI=1S/C21H37N7/c1-5-22-19(25-17-21(3,4)28-11-6-8-18(2)16-28)26-12-14-27(15-13-26)20-23-9-7-10-24-20/h7,9-10,18H,5-6,8,11-17H2,1-4H3,(H,22,25). The lowest BCUT2D eigenvalue weighted by Gasteiger charge is -2.42. The van der Waals surface area contributed by atoms with Crippen molar-refractivity contribution in [2.24, 2.45) is 10.9 Å². The van der Waals surface area contributed by atoms with Crippen LogP contribution in [0, 0.1) is 5.92 Å². The lowest BCUT2D eigenvalue weighted by atomic mass is 9.94. The van der Waals surface area contributed by atoms with Crippen LogP contribution >= 0.6 is 0 Å². The lowest BCUT2D eigenvalue weighted by molar-refractivity contribution is 0.0772. The third-order valence-electron chi connectivity index (χ3n) is 5.88. The number of nitrogens with zero attached hydrogens (tertiary/aromatic N) is 6. The number of piperidine rings is 1. The van der Waals surface area contributed by atoms with E-state index >= 15 is 0 Å². The summed E-state index contributed by atoms with van der Waals surface area (Å²) in [6.45, 7) is 17.0. The number of aliphatic imine (C=N–C) groups is 1. The number of rotatable bonds is 5. The molecule has 7 heteroatoms. The number of aromatic nitrogens is 2. The van der Waals surface area contributed by atoms with E-state index in [0.29, 0.717) is 0 Å². The summed E-state index contributed by atoms with van der Waals surface area (Å²) in [5.41, 5.74) is 0.0923. The number of guanidine groups is 1. The average Bonchev–Trinajstić information content (AvgIpc) is 2.72. The summed E-state index contributed by atoms with van der Waals surface area (Å²) >= 11 is 0. The highest BCUT2D eigenvalue weighted by Crippen LogP contribution is 2.24. The first-order chi connectivity index (χ1) is 13.5. The van der Waals surface area contributed by atoms with Crippen LogP contribution < -0.4 is 10.2 Å². The van der Waals surface area contributed by atoms with Gasteiger partial charge >= 0.3 is 0 Å². The molecule has 1 atom stereocenters. The Morgan fingerprint density at radius 2 is 1.89 bits per heavy atom. The number of hydrogen-bond donors (Lipinski definition) is 1. The fourth-order valence-corrected chi connectivity index (χ4v) is 4.11. The number of piperazine rings is 1. The van der Waals surface area contributed by atoms with E-state index in [0.717, 1.165) is 57.1 Å². The van der Waals surface area contributed by atoms with Crippen molar-refractivity contribution in [2.45, 2.75) is 46.1 Å². The highest BCUT2D eigenvalue weighted by Gasteiger charge is 2.30. The number of nitrogens with one attached hydrogen (secondary N) is 1. The fourth-order valence-electron chi connectivity index (χ4n) is 4.11. The van der Waals surface area contributed by atoms with Crippen molar-refractivity contribution in [1.82, 2.24) is 25.1 Å². The van der Waals surface area contributed by atoms with Gasteiger partial charge in [0.05, 0.1) is 6.54 Å². The summed E-state index contributed by atoms with van der Waals surface area (Å²) in [7, 11) is 0. The van der Waals surface area contributed by atoms with Gasteiger partial charge in [0.15, 0.2) is 5.96 Å². The second-order valence-electron chi connectivity index (χ2n) is 8.70. The Morgan fingerprint density at radius 1 is 1.18 bits per heavy atom. The molecule has 3 rings (SSSR count). The predicted molar refractivity (Wildman–Crippen MR) is 116 cm³/mol. The zero-order valence-corrected chi connectivity index (χ0v) is 18.1. The molecular formula is C21H37N7. The molecule has 1 aromatic rings. The number of anilines is 1. The maximum atomic E-state index is 5.05. The maximum absolute atomic E-state index is 5.05. The zero-order chi connectivity index (χ0) is 20.0.